The molecule has 3 heterocycles. The van der Waals surface area contributed by atoms with Crippen LogP contribution in [0.4, 0.5) is 0 Å². The second-order valence-corrected chi connectivity index (χ2v) is 7.50. The third kappa shape index (κ3) is 2.47. The third-order valence-corrected chi connectivity index (χ3v) is 5.53. The topological polar surface area (TPSA) is 66.4 Å². The lowest BCUT2D eigenvalue weighted by atomic mass is 9.85. The van der Waals surface area contributed by atoms with E-state index in [-0.39, 0.29) is 24.6 Å². The fraction of sp³-hybridized carbons (Fsp3) is 0.364. The molecule has 0 saturated heterocycles. The Kier molecular flexibility index (Phi) is 3.82. The molecular weight excluding hydrogens is 360 g/mol. The van der Waals surface area contributed by atoms with Crippen LogP contribution >= 0.6 is 0 Å². The quantitative estimate of drug-likeness (QED) is 0.801. The zero-order valence-electron chi connectivity index (χ0n) is 16.1. The second-order valence-electron chi connectivity index (χ2n) is 7.50. The molecule has 0 aliphatic carbocycles. The van der Waals surface area contributed by atoms with E-state index in [4.69, 9.17) is 23.7 Å². The van der Waals surface area contributed by atoms with Crippen LogP contribution in [0, 0.1) is 0 Å². The van der Waals surface area contributed by atoms with E-state index >= 15 is 0 Å². The highest BCUT2D eigenvalue weighted by atomic mass is 16.7. The lowest BCUT2D eigenvalue weighted by molar-refractivity contribution is 0.136. The molecule has 2 aromatic rings. The van der Waals surface area contributed by atoms with E-state index in [0.29, 0.717) is 30.3 Å². The van der Waals surface area contributed by atoms with E-state index in [2.05, 4.69) is 6.08 Å². The number of phenols is 1. The Bertz CT molecular complexity index is 989. The fourth-order valence-electron chi connectivity index (χ4n) is 4.12. The molecule has 28 heavy (non-hydrogen) atoms. The highest BCUT2D eigenvalue weighted by Gasteiger charge is 2.44. The Morgan fingerprint density at radius 2 is 1.89 bits per heavy atom. The van der Waals surface area contributed by atoms with Crippen LogP contribution < -0.4 is 23.7 Å². The zero-order chi connectivity index (χ0) is 19.4. The Hall–Kier alpha value is -3.02. The summed E-state index contributed by atoms with van der Waals surface area (Å²) in [6.07, 6.45) is 2.41. The number of hydrogen-bond donors (Lipinski definition) is 1. The second kappa shape index (κ2) is 6.26. The van der Waals surface area contributed by atoms with Gasteiger partial charge in [0, 0.05) is 28.8 Å². The van der Waals surface area contributed by atoms with E-state index in [0.717, 1.165) is 28.2 Å². The maximum Gasteiger partial charge on any atom is 0.231 e. The Morgan fingerprint density at radius 1 is 1.11 bits per heavy atom. The predicted octanol–water partition coefficient (Wildman–Crippen LogP) is 4.25. The standard InChI is InChI=1S/C22H22O6/c1-11(2)4-5-12-20-18(8-19(24-3)21(12)23)25-9-14-13-6-16-17(27-10-26-16)7-15(13)28-22(14)20/h4,6-8,14,22-23H,5,9-10H2,1-3H3. The molecule has 0 bridgehead atoms. The molecule has 6 nitrogen and oxygen atoms in total. The molecule has 2 atom stereocenters. The molecule has 0 saturated carbocycles. The van der Waals surface area contributed by atoms with Gasteiger partial charge in [-0.2, -0.15) is 0 Å². The van der Waals surface area contributed by atoms with Gasteiger partial charge in [0.2, 0.25) is 6.79 Å². The normalized spacial score (nSPS) is 20.4. The van der Waals surface area contributed by atoms with Gasteiger partial charge in [-0.15, -0.1) is 0 Å². The van der Waals surface area contributed by atoms with Crippen LogP contribution in [0.5, 0.6) is 34.5 Å². The minimum Gasteiger partial charge on any atom is -0.504 e. The number of phenolic OH excluding ortho intramolecular Hbond substituents is 1. The highest BCUT2D eigenvalue weighted by molar-refractivity contribution is 5.62. The van der Waals surface area contributed by atoms with Crippen LogP contribution in [-0.2, 0) is 6.42 Å². The largest absolute Gasteiger partial charge is 0.504 e. The molecule has 0 aromatic heterocycles. The Balaban J connectivity index is 1.63. The fourth-order valence-corrected chi connectivity index (χ4v) is 4.12. The lowest BCUT2D eigenvalue weighted by Crippen LogP contribution is -2.24. The molecule has 3 aliphatic heterocycles. The lowest BCUT2D eigenvalue weighted by Gasteiger charge is -2.30. The van der Waals surface area contributed by atoms with Crippen molar-refractivity contribution in [1.82, 2.24) is 0 Å². The van der Waals surface area contributed by atoms with Crippen molar-refractivity contribution < 1.29 is 28.8 Å². The van der Waals surface area contributed by atoms with Crippen molar-refractivity contribution in [3.8, 4) is 34.5 Å². The molecule has 0 fully saturated rings. The van der Waals surface area contributed by atoms with E-state index in [1.807, 2.05) is 26.0 Å². The van der Waals surface area contributed by atoms with Gasteiger partial charge in [-0.25, -0.2) is 0 Å². The molecule has 1 N–H and O–H groups in total. The average molecular weight is 382 g/mol. The van der Waals surface area contributed by atoms with Crippen molar-refractivity contribution in [3.63, 3.8) is 0 Å². The number of fused-ring (bicyclic) bond motifs is 6. The van der Waals surface area contributed by atoms with Crippen molar-refractivity contribution >= 4 is 0 Å². The number of ether oxygens (including phenoxy) is 5. The van der Waals surface area contributed by atoms with E-state index in [9.17, 15) is 5.11 Å². The molecule has 0 amide bonds. The summed E-state index contributed by atoms with van der Waals surface area (Å²) < 4.78 is 28.8. The summed E-state index contributed by atoms with van der Waals surface area (Å²) in [4.78, 5) is 0. The molecule has 3 aliphatic rings. The SMILES string of the molecule is COc1cc2c(c(CC=C(C)C)c1O)C1Oc3cc4c(cc3C1CO2)OCO4. The van der Waals surface area contributed by atoms with Gasteiger partial charge >= 0.3 is 0 Å². The minimum absolute atomic E-state index is 0.0234. The van der Waals surface area contributed by atoms with Crippen LogP contribution in [0.2, 0.25) is 0 Å². The first-order valence-corrected chi connectivity index (χ1v) is 9.36. The Morgan fingerprint density at radius 3 is 2.64 bits per heavy atom. The van der Waals surface area contributed by atoms with E-state index < -0.39 is 0 Å². The number of aromatic hydroxyl groups is 1. The molecule has 5 rings (SSSR count). The van der Waals surface area contributed by atoms with Crippen LogP contribution in [0.3, 0.4) is 0 Å². The summed E-state index contributed by atoms with van der Waals surface area (Å²) in [7, 11) is 1.54. The molecule has 2 aromatic carbocycles. The molecule has 6 heteroatoms. The minimum atomic E-state index is -0.237. The smallest absolute Gasteiger partial charge is 0.231 e. The summed E-state index contributed by atoms with van der Waals surface area (Å²) in [6.45, 7) is 4.78. The number of methoxy groups -OCH3 is 1. The molecular formula is C22H22O6. The van der Waals surface area contributed by atoms with Crippen LogP contribution in [0.25, 0.3) is 0 Å². The highest BCUT2D eigenvalue weighted by Crippen LogP contribution is 2.56. The van der Waals surface area contributed by atoms with E-state index in [1.165, 1.54) is 5.57 Å². The van der Waals surface area contributed by atoms with Crippen LogP contribution in [0.1, 0.15) is 42.6 Å². The Labute approximate surface area is 163 Å². The van der Waals surface area contributed by atoms with Gasteiger partial charge in [0.1, 0.15) is 17.6 Å². The van der Waals surface area contributed by atoms with Crippen molar-refractivity contribution in [1.29, 1.82) is 0 Å². The summed E-state index contributed by atoms with van der Waals surface area (Å²) >= 11 is 0. The molecule has 0 spiro atoms. The maximum absolute atomic E-state index is 10.8. The first-order chi connectivity index (χ1) is 13.6. The molecule has 2 unspecified atom stereocenters. The van der Waals surface area contributed by atoms with Crippen molar-refractivity contribution in [2.45, 2.75) is 32.3 Å². The van der Waals surface area contributed by atoms with Crippen molar-refractivity contribution in [3.05, 3.63) is 46.5 Å². The zero-order valence-corrected chi connectivity index (χ0v) is 16.1. The van der Waals surface area contributed by atoms with Gasteiger partial charge < -0.3 is 28.8 Å². The number of allylic oxidation sites excluding steroid dienone is 2. The van der Waals surface area contributed by atoms with Crippen LogP contribution in [-0.4, -0.2) is 25.6 Å². The van der Waals surface area contributed by atoms with Gasteiger partial charge in [-0.05, 0) is 26.3 Å². The van der Waals surface area contributed by atoms with Gasteiger partial charge in [0.15, 0.2) is 23.0 Å². The number of benzene rings is 2. The third-order valence-electron chi connectivity index (χ3n) is 5.53. The monoisotopic (exact) mass is 382 g/mol. The van der Waals surface area contributed by atoms with Gasteiger partial charge in [0.25, 0.3) is 0 Å². The summed E-state index contributed by atoms with van der Waals surface area (Å²) in [5.74, 6) is 3.47. The van der Waals surface area contributed by atoms with Gasteiger partial charge in [0.05, 0.1) is 19.6 Å². The number of rotatable bonds is 3. The van der Waals surface area contributed by atoms with Gasteiger partial charge in [-0.1, -0.05) is 11.6 Å². The first-order valence-electron chi connectivity index (χ1n) is 9.36. The summed E-state index contributed by atoms with van der Waals surface area (Å²) in [5.41, 5.74) is 3.87. The average Bonchev–Trinajstić information content (AvgIpc) is 3.28. The van der Waals surface area contributed by atoms with Crippen molar-refractivity contribution in [2.24, 2.45) is 0 Å². The first kappa shape index (κ1) is 17.1. The van der Waals surface area contributed by atoms with Crippen molar-refractivity contribution in [2.75, 3.05) is 20.5 Å². The summed E-state index contributed by atoms with van der Waals surface area (Å²) in [5, 5.41) is 10.8. The van der Waals surface area contributed by atoms with Gasteiger partial charge in [-0.3, -0.25) is 0 Å². The maximum atomic E-state index is 10.8. The molecule has 146 valence electrons. The molecule has 0 radical (unpaired) electrons. The van der Waals surface area contributed by atoms with E-state index in [1.54, 1.807) is 13.2 Å². The summed E-state index contributed by atoms with van der Waals surface area (Å²) in [6, 6.07) is 5.61. The predicted molar refractivity (Wildman–Crippen MR) is 102 cm³/mol. The number of hydrogen-bond acceptors (Lipinski definition) is 6. The van der Waals surface area contributed by atoms with Crippen LogP contribution in [0.15, 0.2) is 29.8 Å².